The molecular weight excluding hydrogens is 218 g/mol. The topological polar surface area (TPSA) is 49.8 Å². The SMILES string of the molecule is COCC1(N(Cc2ccccc2)C(=O)O)CC1. The zero-order chi connectivity index (χ0) is 12.3. The molecule has 0 radical (unpaired) electrons. The van der Waals surface area contributed by atoms with Crippen LogP contribution in [0, 0.1) is 0 Å². The van der Waals surface area contributed by atoms with Gasteiger partial charge < -0.3 is 9.84 Å². The number of hydrogen-bond acceptors (Lipinski definition) is 2. The number of carbonyl (C=O) groups is 1. The Morgan fingerprint density at radius 1 is 1.41 bits per heavy atom. The van der Waals surface area contributed by atoms with Gasteiger partial charge in [-0.25, -0.2) is 4.79 Å². The molecule has 1 aromatic rings. The van der Waals surface area contributed by atoms with Crippen molar-refractivity contribution < 1.29 is 14.6 Å². The van der Waals surface area contributed by atoms with Gasteiger partial charge in [0.2, 0.25) is 0 Å². The fourth-order valence-corrected chi connectivity index (χ4v) is 2.11. The third-order valence-electron chi connectivity index (χ3n) is 3.23. The third-order valence-corrected chi connectivity index (χ3v) is 3.23. The molecule has 0 heterocycles. The van der Waals surface area contributed by atoms with Gasteiger partial charge in [-0.05, 0) is 18.4 Å². The van der Waals surface area contributed by atoms with Crippen LogP contribution >= 0.6 is 0 Å². The van der Waals surface area contributed by atoms with E-state index in [1.54, 1.807) is 7.11 Å². The molecule has 0 aromatic heterocycles. The first kappa shape index (κ1) is 11.9. The summed E-state index contributed by atoms with van der Waals surface area (Å²) in [5, 5.41) is 9.31. The minimum absolute atomic E-state index is 0.295. The number of hydrogen-bond donors (Lipinski definition) is 1. The lowest BCUT2D eigenvalue weighted by Gasteiger charge is -2.29. The molecule has 0 atom stereocenters. The molecule has 17 heavy (non-hydrogen) atoms. The zero-order valence-electron chi connectivity index (χ0n) is 9.93. The normalized spacial score (nSPS) is 16.5. The number of rotatable bonds is 5. The van der Waals surface area contributed by atoms with Crippen molar-refractivity contribution in [3.8, 4) is 0 Å². The number of benzene rings is 1. The zero-order valence-corrected chi connectivity index (χ0v) is 9.93. The number of carboxylic acid groups (broad SMARTS) is 1. The lowest BCUT2D eigenvalue weighted by molar-refractivity contribution is 0.0642. The van der Waals surface area contributed by atoms with E-state index < -0.39 is 6.09 Å². The lowest BCUT2D eigenvalue weighted by atomic mass is 10.1. The van der Waals surface area contributed by atoms with E-state index in [0.717, 1.165) is 18.4 Å². The van der Waals surface area contributed by atoms with E-state index in [0.29, 0.717) is 13.2 Å². The monoisotopic (exact) mass is 235 g/mol. The van der Waals surface area contributed by atoms with Crippen LogP contribution in [-0.2, 0) is 11.3 Å². The summed E-state index contributed by atoms with van der Waals surface area (Å²) >= 11 is 0. The summed E-state index contributed by atoms with van der Waals surface area (Å²) in [6, 6.07) is 9.66. The van der Waals surface area contributed by atoms with E-state index in [4.69, 9.17) is 4.74 Å². The van der Waals surface area contributed by atoms with Crippen LogP contribution in [0.5, 0.6) is 0 Å². The Morgan fingerprint density at radius 3 is 2.53 bits per heavy atom. The molecule has 0 aliphatic heterocycles. The first-order valence-electron chi connectivity index (χ1n) is 5.71. The van der Waals surface area contributed by atoms with Gasteiger partial charge in [0.15, 0.2) is 0 Å². The molecule has 1 aliphatic rings. The van der Waals surface area contributed by atoms with Crippen molar-refractivity contribution >= 4 is 6.09 Å². The van der Waals surface area contributed by atoms with Gasteiger partial charge in [-0.15, -0.1) is 0 Å². The van der Waals surface area contributed by atoms with E-state index in [1.807, 2.05) is 30.3 Å². The summed E-state index contributed by atoms with van der Waals surface area (Å²) < 4.78 is 5.13. The number of methoxy groups -OCH3 is 1. The van der Waals surface area contributed by atoms with Crippen LogP contribution in [0.25, 0.3) is 0 Å². The average Bonchev–Trinajstić information content (AvgIpc) is 3.08. The fraction of sp³-hybridized carbons (Fsp3) is 0.462. The highest BCUT2D eigenvalue weighted by Gasteiger charge is 2.50. The van der Waals surface area contributed by atoms with E-state index in [1.165, 1.54) is 4.90 Å². The summed E-state index contributed by atoms with van der Waals surface area (Å²) in [7, 11) is 1.61. The molecule has 1 aromatic carbocycles. The molecular formula is C13H17NO3. The van der Waals surface area contributed by atoms with Crippen LogP contribution in [0.1, 0.15) is 18.4 Å². The average molecular weight is 235 g/mol. The summed E-state index contributed by atoms with van der Waals surface area (Å²) in [6.45, 7) is 0.908. The Labute approximate surface area is 101 Å². The van der Waals surface area contributed by atoms with Crippen molar-refractivity contribution in [2.24, 2.45) is 0 Å². The van der Waals surface area contributed by atoms with Crippen LogP contribution in [-0.4, -0.2) is 35.4 Å². The Balaban J connectivity index is 2.11. The molecule has 92 valence electrons. The maximum absolute atomic E-state index is 11.3. The van der Waals surface area contributed by atoms with Crippen LogP contribution in [0.2, 0.25) is 0 Å². The molecule has 1 aliphatic carbocycles. The summed E-state index contributed by atoms with van der Waals surface area (Å²) in [5.41, 5.74) is 0.716. The molecule has 0 saturated heterocycles. The second-order valence-corrected chi connectivity index (χ2v) is 4.51. The highest BCUT2D eigenvalue weighted by molar-refractivity contribution is 5.67. The standard InChI is InChI=1S/C13H17NO3/c1-17-10-13(7-8-13)14(12(15)16)9-11-5-3-2-4-6-11/h2-6H,7-10H2,1H3,(H,15,16). The van der Waals surface area contributed by atoms with E-state index in [2.05, 4.69) is 0 Å². The van der Waals surface area contributed by atoms with E-state index in [-0.39, 0.29) is 5.54 Å². The summed E-state index contributed by atoms with van der Waals surface area (Å²) in [4.78, 5) is 12.8. The quantitative estimate of drug-likeness (QED) is 0.852. The van der Waals surface area contributed by atoms with Crippen LogP contribution in [0.3, 0.4) is 0 Å². The first-order chi connectivity index (χ1) is 8.18. The van der Waals surface area contributed by atoms with Gasteiger partial charge in [-0.1, -0.05) is 30.3 Å². The predicted molar refractivity (Wildman–Crippen MR) is 63.9 cm³/mol. The van der Waals surface area contributed by atoms with Crippen molar-refractivity contribution in [1.29, 1.82) is 0 Å². The predicted octanol–water partition coefficient (Wildman–Crippen LogP) is 2.35. The number of amides is 1. The molecule has 0 bridgehead atoms. The van der Waals surface area contributed by atoms with E-state index in [9.17, 15) is 9.90 Å². The molecule has 1 fully saturated rings. The number of nitrogens with zero attached hydrogens (tertiary/aromatic N) is 1. The second kappa shape index (κ2) is 4.75. The van der Waals surface area contributed by atoms with Crippen LogP contribution in [0.4, 0.5) is 4.79 Å². The van der Waals surface area contributed by atoms with Crippen molar-refractivity contribution in [2.45, 2.75) is 24.9 Å². The van der Waals surface area contributed by atoms with Crippen molar-refractivity contribution in [3.63, 3.8) is 0 Å². The van der Waals surface area contributed by atoms with Gasteiger partial charge in [-0.3, -0.25) is 4.90 Å². The minimum atomic E-state index is -0.872. The lowest BCUT2D eigenvalue weighted by Crippen LogP contribution is -2.43. The van der Waals surface area contributed by atoms with Gasteiger partial charge in [0.25, 0.3) is 0 Å². The van der Waals surface area contributed by atoms with Gasteiger partial charge in [-0.2, -0.15) is 0 Å². The molecule has 1 saturated carbocycles. The fourth-order valence-electron chi connectivity index (χ4n) is 2.11. The Kier molecular flexibility index (Phi) is 3.33. The maximum atomic E-state index is 11.3. The molecule has 4 nitrogen and oxygen atoms in total. The Hall–Kier alpha value is -1.55. The molecule has 2 rings (SSSR count). The summed E-state index contributed by atoms with van der Waals surface area (Å²) in [6.07, 6.45) is 0.906. The van der Waals surface area contributed by atoms with Crippen molar-refractivity contribution in [2.75, 3.05) is 13.7 Å². The molecule has 0 unspecified atom stereocenters. The maximum Gasteiger partial charge on any atom is 0.408 e. The van der Waals surface area contributed by atoms with E-state index >= 15 is 0 Å². The first-order valence-corrected chi connectivity index (χ1v) is 5.71. The minimum Gasteiger partial charge on any atom is -0.465 e. The largest absolute Gasteiger partial charge is 0.465 e. The van der Waals surface area contributed by atoms with Crippen molar-refractivity contribution in [3.05, 3.63) is 35.9 Å². The van der Waals surface area contributed by atoms with Gasteiger partial charge in [0.05, 0.1) is 12.1 Å². The van der Waals surface area contributed by atoms with Crippen molar-refractivity contribution in [1.82, 2.24) is 4.90 Å². The summed E-state index contributed by atoms with van der Waals surface area (Å²) in [5.74, 6) is 0. The van der Waals surface area contributed by atoms with Gasteiger partial charge in [0.1, 0.15) is 0 Å². The highest BCUT2D eigenvalue weighted by Crippen LogP contribution is 2.42. The molecule has 1 amide bonds. The Morgan fingerprint density at radius 2 is 2.06 bits per heavy atom. The van der Waals surface area contributed by atoms with Gasteiger partial charge >= 0.3 is 6.09 Å². The number of ether oxygens (including phenoxy) is 1. The van der Waals surface area contributed by atoms with Gasteiger partial charge in [0, 0.05) is 13.7 Å². The smallest absolute Gasteiger partial charge is 0.408 e. The molecule has 0 spiro atoms. The highest BCUT2D eigenvalue weighted by atomic mass is 16.5. The molecule has 1 N–H and O–H groups in total. The second-order valence-electron chi connectivity index (χ2n) is 4.51. The van der Waals surface area contributed by atoms with Crippen LogP contribution in [0.15, 0.2) is 30.3 Å². The Bertz CT molecular complexity index is 387. The van der Waals surface area contributed by atoms with Crippen LogP contribution < -0.4 is 0 Å². The third kappa shape index (κ3) is 2.58. The molecule has 4 heteroatoms.